The van der Waals surface area contributed by atoms with Crippen LogP contribution in [-0.4, -0.2) is 31.2 Å². The number of nitrogen functional groups attached to an aromatic ring is 1. The van der Waals surface area contributed by atoms with Gasteiger partial charge in [0.05, 0.1) is 5.56 Å². The largest absolute Gasteiger partial charge is 0.399 e. The van der Waals surface area contributed by atoms with Crippen LogP contribution in [0.25, 0.3) is 0 Å². The summed E-state index contributed by atoms with van der Waals surface area (Å²) in [7, 11) is 0. The molecule has 106 valence electrons. The fraction of sp³-hybridized carbons (Fsp3) is 0.250. The second kappa shape index (κ2) is 5.71. The number of nitrogens with two attached hydrogens (primary N) is 1. The number of piperazine rings is 1. The van der Waals surface area contributed by atoms with Crippen LogP contribution in [0.15, 0.2) is 42.6 Å². The standard InChI is InChI=1S/C16H17N5/c17-11-13-4-5-16(19-12-13)21-8-6-20(7-9-21)15-3-1-2-14(18)10-15/h1-5,10,12H,6-9,18H2. The number of hydrogen-bond acceptors (Lipinski definition) is 5. The van der Waals surface area contributed by atoms with Gasteiger partial charge in [-0.25, -0.2) is 4.98 Å². The van der Waals surface area contributed by atoms with Gasteiger partial charge in [0.25, 0.3) is 0 Å². The van der Waals surface area contributed by atoms with Gasteiger partial charge in [-0.1, -0.05) is 6.07 Å². The molecular formula is C16H17N5. The molecule has 3 rings (SSSR count). The molecule has 1 fully saturated rings. The van der Waals surface area contributed by atoms with Gasteiger partial charge in [-0.15, -0.1) is 0 Å². The van der Waals surface area contributed by atoms with Crippen LogP contribution in [0.1, 0.15) is 5.56 Å². The van der Waals surface area contributed by atoms with E-state index >= 15 is 0 Å². The van der Waals surface area contributed by atoms with Crippen LogP contribution >= 0.6 is 0 Å². The predicted octanol–water partition coefficient (Wildman–Crippen LogP) is 1.86. The molecule has 0 saturated carbocycles. The number of rotatable bonds is 2. The SMILES string of the molecule is N#Cc1ccc(N2CCN(c3cccc(N)c3)CC2)nc1. The highest BCUT2D eigenvalue weighted by Gasteiger charge is 2.18. The Kier molecular flexibility index (Phi) is 3.61. The predicted molar refractivity (Wildman–Crippen MR) is 84.2 cm³/mol. The van der Waals surface area contributed by atoms with Crippen molar-refractivity contribution in [3.05, 3.63) is 48.2 Å². The van der Waals surface area contributed by atoms with Crippen LogP contribution in [0.2, 0.25) is 0 Å². The number of aromatic nitrogens is 1. The summed E-state index contributed by atoms with van der Waals surface area (Å²) in [6.07, 6.45) is 1.62. The molecule has 0 aliphatic carbocycles. The monoisotopic (exact) mass is 279 g/mol. The van der Waals surface area contributed by atoms with E-state index in [0.29, 0.717) is 5.56 Å². The maximum absolute atomic E-state index is 8.80. The minimum absolute atomic E-state index is 0.595. The second-order valence-electron chi connectivity index (χ2n) is 5.09. The zero-order chi connectivity index (χ0) is 14.7. The van der Waals surface area contributed by atoms with Crippen LogP contribution in [0.3, 0.4) is 0 Å². The average molecular weight is 279 g/mol. The summed E-state index contributed by atoms with van der Waals surface area (Å²) in [5, 5.41) is 8.80. The topological polar surface area (TPSA) is 69.2 Å². The summed E-state index contributed by atoms with van der Waals surface area (Å²) in [5.74, 6) is 0.932. The zero-order valence-electron chi connectivity index (χ0n) is 11.7. The smallest absolute Gasteiger partial charge is 0.128 e. The molecule has 2 N–H and O–H groups in total. The van der Waals surface area contributed by atoms with Crippen LogP contribution in [0.4, 0.5) is 17.2 Å². The Labute approximate surface area is 124 Å². The average Bonchev–Trinajstić information content (AvgIpc) is 2.55. The van der Waals surface area contributed by atoms with Gasteiger partial charge in [-0.3, -0.25) is 0 Å². The summed E-state index contributed by atoms with van der Waals surface area (Å²) in [6.45, 7) is 3.69. The molecule has 2 aromatic rings. The second-order valence-corrected chi connectivity index (χ2v) is 5.09. The lowest BCUT2D eigenvalue weighted by Gasteiger charge is -2.36. The van der Waals surface area contributed by atoms with Crippen molar-refractivity contribution in [1.82, 2.24) is 4.98 Å². The lowest BCUT2D eigenvalue weighted by Crippen LogP contribution is -2.46. The van der Waals surface area contributed by atoms with Crippen molar-refractivity contribution in [3.63, 3.8) is 0 Å². The Morgan fingerprint density at radius 2 is 1.81 bits per heavy atom. The van der Waals surface area contributed by atoms with Crippen LogP contribution in [0.5, 0.6) is 0 Å². The third-order valence-corrected chi connectivity index (χ3v) is 3.72. The van der Waals surface area contributed by atoms with Crippen LogP contribution < -0.4 is 15.5 Å². The number of pyridine rings is 1. The molecule has 0 bridgehead atoms. The number of benzene rings is 1. The minimum Gasteiger partial charge on any atom is -0.399 e. The van der Waals surface area contributed by atoms with Gasteiger partial charge in [0.15, 0.2) is 0 Å². The van der Waals surface area contributed by atoms with E-state index in [-0.39, 0.29) is 0 Å². The molecule has 21 heavy (non-hydrogen) atoms. The molecule has 1 aromatic carbocycles. The lowest BCUT2D eigenvalue weighted by atomic mass is 10.2. The van der Waals surface area contributed by atoms with Gasteiger partial charge in [-0.05, 0) is 30.3 Å². The van der Waals surface area contributed by atoms with Crippen molar-refractivity contribution in [2.24, 2.45) is 0 Å². The van der Waals surface area contributed by atoms with E-state index in [4.69, 9.17) is 11.0 Å². The van der Waals surface area contributed by atoms with E-state index in [0.717, 1.165) is 37.7 Å². The van der Waals surface area contributed by atoms with E-state index in [1.807, 2.05) is 30.3 Å². The molecule has 5 nitrogen and oxygen atoms in total. The van der Waals surface area contributed by atoms with Crippen molar-refractivity contribution in [2.45, 2.75) is 0 Å². The normalized spacial score (nSPS) is 14.8. The van der Waals surface area contributed by atoms with E-state index < -0.39 is 0 Å². The summed E-state index contributed by atoms with van der Waals surface area (Å²) in [6, 6.07) is 13.8. The van der Waals surface area contributed by atoms with Crippen molar-refractivity contribution in [3.8, 4) is 6.07 Å². The van der Waals surface area contributed by atoms with E-state index in [1.54, 1.807) is 6.20 Å². The highest BCUT2D eigenvalue weighted by atomic mass is 15.3. The Morgan fingerprint density at radius 3 is 2.43 bits per heavy atom. The molecule has 0 unspecified atom stereocenters. The van der Waals surface area contributed by atoms with Gasteiger partial charge in [0, 0.05) is 43.8 Å². The maximum atomic E-state index is 8.80. The fourth-order valence-electron chi connectivity index (χ4n) is 2.55. The van der Waals surface area contributed by atoms with E-state index in [9.17, 15) is 0 Å². The van der Waals surface area contributed by atoms with E-state index in [1.165, 1.54) is 5.69 Å². The van der Waals surface area contributed by atoms with Crippen molar-refractivity contribution in [2.75, 3.05) is 41.7 Å². The first-order valence-corrected chi connectivity index (χ1v) is 6.98. The quantitative estimate of drug-likeness (QED) is 0.850. The number of hydrogen-bond donors (Lipinski definition) is 1. The molecule has 0 amide bonds. The van der Waals surface area contributed by atoms with Gasteiger partial charge in [0.1, 0.15) is 11.9 Å². The molecule has 1 aliphatic heterocycles. The molecule has 2 heterocycles. The van der Waals surface area contributed by atoms with Gasteiger partial charge >= 0.3 is 0 Å². The van der Waals surface area contributed by atoms with Gasteiger partial charge in [-0.2, -0.15) is 5.26 Å². The molecule has 0 spiro atoms. The first-order valence-electron chi connectivity index (χ1n) is 6.98. The van der Waals surface area contributed by atoms with Crippen LogP contribution in [-0.2, 0) is 0 Å². The maximum Gasteiger partial charge on any atom is 0.128 e. The first-order chi connectivity index (χ1) is 10.3. The Balaban J connectivity index is 1.66. The third kappa shape index (κ3) is 2.90. The Bertz CT molecular complexity index is 651. The Hall–Kier alpha value is -2.74. The first kappa shape index (κ1) is 13.3. The molecular weight excluding hydrogens is 262 g/mol. The lowest BCUT2D eigenvalue weighted by molar-refractivity contribution is 0.647. The van der Waals surface area contributed by atoms with Crippen LogP contribution in [0, 0.1) is 11.3 Å². The summed E-state index contributed by atoms with van der Waals surface area (Å²) < 4.78 is 0. The fourth-order valence-corrected chi connectivity index (χ4v) is 2.55. The molecule has 5 heteroatoms. The van der Waals surface area contributed by atoms with Gasteiger partial charge in [0.2, 0.25) is 0 Å². The number of anilines is 3. The molecule has 1 saturated heterocycles. The molecule has 1 aromatic heterocycles. The zero-order valence-corrected chi connectivity index (χ0v) is 11.7. The summed E-state index contributed by atoms with van der Waals surface area (Å²) in [5.41, 5.74) is 8.40. The highest BCUT2D eigenvalue weighted by Crippen LogP contribution is 2.21. The third-order valence-electron chi connectivity index (χ3n) is 3.72. The van der Waals surface area contributed by atoms with Crippen molar-refractivity contribution >= 4 is 17.2 Å². The molecule has 1 aliphatic rings. The van der Waals surface area contributed by atoms with Crippen molar-refractivity contribution < 1.29 is 0 Å². The number of nitrogens with zero attached hydrogens (tertiary/aromatic N) is 4. The summed E-state index contributed by atoms with van der Waals surface area (Å²) >= 11 is 0. The number of nitriles is 1. The van der Waals surface area contributed by atoms with E-state index in [2.05, 4.69) is 26.9 Å². The molecule has 0 radical (unpaired) electrons. The van der Waals surface area contributed by atoms with Crippen molar-refractivity contribution in [1.29, 1.82) is 5.26 Å². The van der Waals surface area contributed by atoms with Gasteiger partial charge < -0.3 is 15.5 Å². The Morgan fingerprint density at radius 1 is 1.05 bits per heavy atom. The minimum atomic E-state index is 0.595. The molecule has 0 atom stereocenters. The highest BCUT2D eigenvalue weighted by molar-refractivity contribution is 5.57. The summed E-state index contributed by atoms with van der Waals surface area (Å²) in [4.78, 5) is 8.92.